The number of phenols is 1. The number of ether oxygens (including phenoxy) is 1. The first-order chi connectivity index (χ1) is 8.22. The molecular weight excluding hydrogens is 220 g/mol. The first-order valence-corrected chi connectivity index (χ1v) is 4.96. The van der Waals surface area contributed by atoms with Gasteiger partial charge in [0.05, 0.1) is 7.11 Å². The first-order valence-electron chi connectivity index (χ1n) is 4.96. The normalized spacial score (nSPS) is 10.2. The molecule has 17 heavy (non-hydrogen) atoms. The quantitative estimate of drug-likeness (QED) is 0.821. The third kappa shape index (κ3) is 1.63. The van der Waals surface area contributed by atoms with Crippen molar-refractivity contribution in [3.63, 3.8) is 0 Å². The molecule has 0 spiro atoms. The smallest absolute Gasteiger partial charge is 0.150 e. The number of aromatic hydroxyl groups is 1. The number of phenolic OH excluding ortho intramolecular Hbond substituents is 1. The Morgan fingerprint density at radius 1 is 1.00 bits per heavy atom. The Bertz CT molecular complexity index is 602. The molecule has 0 saturated carbocycles. The van der Waals surface area contributed by atoms with Crippen LogP contribution in [-0.2, 0) is 0 Å². The van der Waals surface area contributed by atoms with Gasteiger partial charge in [-0.1, -0.05) is 0 Å². The van der Waals surface area contributed by atoms with Gasteiger partial charge in [-0.25, -0.2) is 0 Å². The molecule has 0 aromatic heterocycles. The summed E-state index contributed by atoms with van der Waals surface area (Å²) in [5, 5.41) is 10.6. The Labute approximate surface area is 97.4 Å². The third-order valence-corrected chi connectivity index (χ3v) is 2.64. The van der Waals surface area contributed by atoms with Gasteiger partial charge in [0, 0.05) is 21.9 Å². The van der Waals surface area contributed by atoms with Gasteiger partial charge >= 0.3 is 0 Å². The Morgan fingerprint density at radius 3 is 2.18 bits per heavy atom. The number of aldehydes is 2. The Hall–Kier alpha value is -2.36. The van der Waals surface area contributed by atoms with Gasteiger partial charge < -0.3 is 9.84 Å². The molecule has 0 aliphatic carbocycles. The summed E-state index contributed by atoms with van der Waals surface area (Å²) >= 11 is 0. The van der Waals surface area contributed by atoms with Gasteiger partial charge in [0.15, 0.2) is 12.6 Å². The lowest BCUT2D eigenvalue weighted by atomic mass is 9.99. The minimum atomic E-state index is -0.0494. The second-order valence-corrected chi connectivity index (χ2v) is 3.52. The summed E-state index contributed by atoms with van der Waals surface area (Å²) in [6.07, 6.45) is 1.30. The minimum Gasteiger partial charge on any atom is -0.507 e. The van der Waals surface area contributed by atoms with Gasteiger partial charge in [0.1, 0.15) is 11.5 Å². The van der Waals surface area contributed by atoms with Gasteiger partial charge in [-0.15, -0.1) is 0 Å². The van der Waals surface area contributed by atoms with Crippen LogP contribution in [0.3, 0.4) is 0 Å². The molecule has 0 heterocycles. The Balaban J connectivity index is 3.03. The van der Waals surface area contributed by atoms with Crippen LogP contribution in [0.15, 0.2) is 24.3 Å². The lowest BCUT2D eigenvalue weighted by Gasteiger charge is -2.10. The topological polar surface area (TPSA) is 63.6 Å². The predicted molar refractivity (Wildman–Crippen MR) is 62.9 cm³/mol. The van der Waals surface area contributed by atoms with E-state index in [0.29, 0.717) is 40.2 Å². The van der Waals surface area contributed by atoms with E-state index in [-0.39, 0.29) is 5.75 Å². The fraction of sp³-hybridized carbons (Fsp3) is 0.0769. The number of benzene rings is 2. The molecule has 0 fully saturated rings. The molecule has 2 rings (SSSR count). The molecule has 0 atom stereocenters. The molecule has 0 unspecified atom stereocenters. The molecule has 0 bridgehead atoms. The number of fused-ring (bicyclic) bond motifs is 1. The van der Waals surface area contributed by atoms with Crippen LogP contribution in [0.2, 0.25) is 0 Å². The van der Waals surface area contributed by atoms with Gasteiger partial charge in [-0.2, -0.15) is 0 Å². The first kappa shape index (κ1) is 11.1. The van der Waals surface area contributed by atoms with Crippen LogP contribution in [0.25, 0.3) is 10.8 Å². The maximum Gasteiger partial charge on any atom is 0.150 e. The zero-order chi connectivity index (χ0) is 12.4. The maximum absolute atomic E-state index is 11.0. The summed E-state index contributed by atoms with van der Waals surface area (Å²) in [5.41, 5.74) is 0.695. The van der Waals surface area contributed by atoms with Crippen LogP contribution in [0.4, 0.5) is 0 Å². The van der Waals surface area contributed by atoms with E-state index in [1.165, 1.54) is 19.2 Å². The number of hydrogen-bond donors (Lipinski definition) is 1. The van der Waals surface area contributed by atoms with E-state index in [9.17, 15) is 14.7 Å². The Kier molecular flexibility index (Phi) is 2.78. The molecule has 0 aliphatic rings. The zero-order valence-corrected chi connectivity index (χ0v) is 9.14. The van der Waals surface area contributed by atoms with Crippen molar-refractivity contribution in [1.29, 1.82) is 0 Å². The molecule has 1 N–H and O–H groups in total. The zero-order valence-electron chi connectivity index (χ0n) is 9.14. The summed E-state index contributed by atoms with van der Waals surface area (Å²) < 4.78 is 5.14. The van der Waals surface area contributed by atoms with E-state index in [4.69, 9.17) is 4.74 Å². The van der Waals surface area contributed by atoms with Crippen molar-refractivity contribution in [2.45, 2.75) is 0 Å². The molecule has 2 aromatic rings. The number of carbonyl (C=O) groups excluding carboxylic acids is 2. The van der Waals surface area contributed by atoms with E-state index >= 15 is 0 Å². The van der Waals surface area contributed by atoms with E-state index < -0.39 is 0 Å². The fourth-order valence-corrected chi connectivity index (χ4v) is 1.86. The maximum atomic E-state index is 11.0. The third-order valence-electron chi connectivity index (χ3n) is 2.64. The van der Waals surface area contributed by atoms with E-state index in [2.05, 4.69) is 0 Å². The van der Waals surface area contributed by atoms with Crippen molar-refractivity contribution in [3.05, 3.63) is 35.4 Å². The fourth-order valence-electron chi connectivity index (χ4n) is 1.86. The number of rotatable bonds is 3. The highest BCUT2D eigenvalue weighted by Crippen LogP contribution is 2.35. The largest absolute Gasteiger partial charge is 0.507 e. The monoisotopic (exact) mass is 230 g/mol. The average molecular weight is 230 g/mol. The predicted octanol–water partition coefficient (Wildman–Crippen LogP) is 2.18. The van der Waals surface area contributed by atoms with Crippen LogP contribution in [0.1, 0.15) is 20.7 Å². The molecule has 2 aromatic carbocycles. The number of hydrogen-bond acceptors (Lipinski definition) is 4. The molecule has 4 nitrogen and oxygen atoms in total. The second-order valence-electron chi connectivity index (χ2n) is 3.52. The van der Waals surface area contributed by atoms with Gasteiger partial charge in [-0.05, 0) is 24.3 Å². The highest BCUT2D eigenvalue weighted by molar-refractivity contribution is 6.10. The molecular formula is C13H10O4. The van der Waals surface area contributed by atoms with Crippen molar-refractivity contribution < 1.29 is 19.4 Å². The lowest BCUT2D eigenvalue weighted by molar-refractivity contribution is 0.111. The number of methoxy groups -OCH3 is 1. The van der Waals surface area contributed by atoms with E-state index in [1.807, 2.05) is 0 Å². The van der Waals surface area contributed by atoms with Gasteiger partial charge in [0.25, 0.3) is 0 Å². The van der Waals surface area contributed by atoms with Gasteiger partial charge in [-0.3, -0.25) is 9.59 Å². The SMILES string of the molecule is COc1ccc(C=O)c2c(O)ccc(C=O)c12. The second kappa shape index (κ2) is 4.25. The van der Waals surface area contributed by atoms with E-state index in [0.717, 1.165) is 0 Å². The van der Waals surface area contributed by atoms with Crippen molar-refractivity contribution in [2.75, 3.05) is 7.11 Å². The summed E-state index contributed by atoms with van der Waals surface area (Å²) in [6.45, 7) is 0. The highest BCUT2D eigenvalue weighted by atomic mass is 16.5. The van der Waals surface area contributed by atoms with Crippen LogP contribution >= 0.6 is 0 Å². The lowest BCUT2D eigenvalue weighted by Crippen LogP contribution is -1.93. The number of carbonyl (C=O) groups is 2. The van der Waals surface area contributed by atoms with E-state index in [1.54, 1.807) is 12.1 Å². The highest BCUT2D eigenvalue weighted by Gasteiger charge is 2.13. The summed E-state index contributed by atoms with van der Waals surface area (Å²) in [4.78, 5) is 21.9. The van der Waals surface area contributed by atoms with Crippen molar-refractivity contribution in [2.24, 2.45) is 0 Å². The van der Waals surface area contributed by atoms with Crippen molar-refractivity contribution in [3.8, 4) is 11.5 Å². The average Bonchev–Trinajstić information content (AvgIpc) is 2.38. The summed E-state index contributed by atoms with van der Waals surface area (Å²) in [7, 11) is 1.47. The minimum absolute atomic E-state index is 0.0494. The standard InChI is InChI=1S/C13H10O4/c1-17-11-5-3-8(6-14)12-10(16)4-2-9(7-15)13(11)12/h2-7,16H,1H3. The molecule has 0 aliphatic heterocycles. The molecule has 86 valence electrons. The van der Waals surface area contributed by atoms with Crippen LogP contribution < -0.4 is 4.74 Å². The molecule has 0 radical (unpaired) electrons. The molecule has 0 amide bonds. The summed E-state index contributed by atoms with van der Waals surface area (Å²) in [6, 6.07) is 6.02. The van der Waals surface area contributed by atoms with Crippen LogP contribution in [0.5, 0.6) is 11.5 Å². The summed E-state index contributed by atoms with van der Waals surface area (Å²) in [5.74, 6) is 0.398. The Morgan fingerprint density at radius 2 is 1.59 bits per heavy atom. The van der Waals surface area contributed by atoms with Crippen molar-refractivity contribution >= 4 is 23.3 Å². The molecule has 0 saturated heterocycles. The van der Waals surface area contributed by atoms with Crippen LogP contribution in [0, 0.1) is 0 Å². The van der Waals surface area contributed by atoms with Crippen LogP contribution in [-0.4, -0.2) is 24.8 Å². The van der Waals surface area contributed by atoms with Gasteiger partial charge in [0.2, 0.25) is 0 Å². The van der Waals surface area contributed by atoms with Crippen molar-refractivity contribution in [1.82, 2.24) is 0 Å². The molecule has 4 heteroatoms.